The van der Waals surface area contributed by atoms with Crippen LogP contribution in [0.1, 0.15) is 81.9 Å². The first-order valence-electron chi connectivity index (χ1n) is 16.6. The number of fused-ring (bicyclic) bond motifs is 1. The molecule has 242 valence electrons. The van der Waals surface area contributed by atoms with Gasteiger partial charge in [0, 0.05) is 36.2 Å². The quantitative estimate of drug-likeness (QED) is 0.161. The lowest BCUT2D eigenvalue weighted by Gasteiger charge is -2.28. The van der Waals surface area contributed by atoms with Gasteiger partial charge in [-0.15, -0.1) is 0 Å². The standard InChI is InChI=1S/C39H43N5O3/c1-25(2)33-20-31(29-11-7-13-32(19-29)47-24-28-14-17-40-18-15-28)21-34(26(3)4)36(33)42-39(46)44(23-27-9-5-6-10-27)35-22-30-12-8-16-41-37(30)43-38(35)45/h7-8,11-22,25-27H,5-6,9-10,23-24H2,1-4H3,(H,42,46)(H,41,43,45). The Hall–Kier alpha value is -4.98. The van der Waals surface area contributed by atoms with Crippen molar-refractivity contribution >= 4 is 28.4 Å². The second kappa shape index (κ2) is 14.2. The van der Waals surface area contributed by atoms with Gasteiger partial charge in [0.05, 0.1) is 0 Å². The van der Waals surface area contributed by atoms with E-state index in [0.717, 1.165) is 70.3 Å². The van der Waals surface area contributed by atoms with Crippen LogP contribution in [0.3, 0.4) is 0 Å². The Bertz CT molecular complexity index is 1880. The summed E-state index contributed by atoms with van der Waals surface area (Å²) >= 11 is 0. The summed E-state index contributed by atoms with van der Waals surface area (Å²) in [6.45, 7) is 9.52. The highest BCUT2D eigenvalue weighted by Gasteiger charge is 2.27. The first-order chi connectivity index (χ1) is 22.8. The molecular weight excluding hydrogens is 586 g/mol. The molecule has 1 aliphatic carbocycles. The molecule has 1 fully saturated rings. The maximum absolute atomic E-state index is 14.4. The van der Waals surface area contributed by atoms with Crippen molar-refractivity contribution in [2.45, 2.75) is 71.8 Å². The van der Waals surface area contributed by atoms with Crippen LogP contribution in [0.25, 0.3) is 22.2 Å². The van der Waals surface area contributed by atoms with Crippen LogP contribution < -0.4 is 20.5 Å². The summed E-state index contributed by atoms with van der Waals surface area (Å²) < 4.78 is 6.12. The summed E-state index contributed by atoms with van der Waals surface area (Å²) in [6, 6.07) is 21.6. The molecule has 0 unspecified atom stereocenters. The Kier molecular flexibility index (Phi) is 9.66. The molecule has 0 atom stereocenters. The Labute approximate surface area is 276 Å². The van der Waals surface area contributed by atoms with E-state index in [9.17, 15) is 9.59 Å². The Morgan fingerprint density at radius 1 is 0.915 bits per heavy atom. The van der Waals surface area contributed by atoms with Gasteiger partial charge in [-0.2, -0.15) is 0 Å². The van der Waals surface area contributed by atoms with Gasteiger partial charge in [-0.25, -0.2) is 9.78 Å². The predicted octanol–water partition coefficient (Wildman–Crippen LogP) is 9.04. The number of aromatic amines is 1. The second-order valence-corrected chi connectivity index (χ2v) is 13.1. The number of carbonyl (C=O) groups is 1. The number of amides is 2. The molecule has 8 heteroatoms. The maximum atomic E-state index is 14.4. The van der Waals surface area contributed by atoms with Crippen LogP contribution in [0.15, 0.2) is 90.1 Å². The molecule has 8 nitrogen and oxygen atoms in total. The number of rotatable bonds is 10. The number of hydrogen-bond acceptors (Lipinski definition) is 5. The molecule has 5 aromatic rings. The molecule has 2 N–H and O–H groups in total. The molecule has 3 heterocycles. The number of carbonyl (C=O) groups excluding carboxylic acids is 1. The van der Waals surface area contributed by atoms with Crippen LogP contribution in [0, 0.1) is 5.92 Å². The van der Waals surface area contributed by atoms with Gasteiger partial charge in [0.25, 0.3) is 5.56 Å². The summed E-state index contributed by atoms with van der Waals surface area (Å²) in [5.74, 6) is 1.39. The van der Waals surface area contributed by atoms with Crippen molar-refractivity contribution in [1.29, 1.82) is 0 Å². The highest BCUT2D eigenvalue weighted by atomic mass is 16.5. The topological polar surface area (TPSA) is 100 Å². The third-order valence-electron chi connectivity index (χ3n) is 9.04. The minimum atomic E-state index is -0.320. The third-order valence-corrected chi connectivity index (χ3v) is 9.04. The van der Waals surface area contributed by atoms with Gasteiger partial charge in [0.2, 0.25) is 0 Å². The van der Waals surface area contributed by atoms with Gasteiger partial charge in [-0.3, -0.25) is 14.7 Å². The van der Waals surface area contributed by atoms with E-state index in [-0.39, 0.29) is 23.4 Å². The largest absolute Gasteiger partial charge is 0.489 e. The lowest BCUT2D eigenvalue weighted by atomic mass is 9.88. The SMILES string of the molecule is CC(C)c1cc(-c2cccc(OCc3ccncc3)c2)cc(C(C)C)c1NC(=O)N(CC1CCCC1)c1cc2cccnc2[nH]c1=O. The number of ether oxygens (including phenoxy) is 1. The summed E-state index contributed by atoms with van der Waals surface area (Å²) in [7, 11) is 0. The number of pyridine rings is 3. The monoisotopic (exact) mass is 629 g/mol. The number of benzene rings is 2. The van der Waals surface area contributed by atoms with E-state index in [2.05, 4.69) is 72.2 Å². The van der Waals surface area contributed by atoms with Gasteiger partial charge in [-0.05, 0) is 113 Å². The molecule has 1 aliphatic rings. The summed E-state index contributed by atoms with van der Waals surface area (Å²) in [5.41, 5.74) is 6.58. The summed E-state index contributed by atoms with van der Waals surface area (Å²) in [4.78, 5) is 40.7. The summed E-state index contributed by atoms with van der Waals surface area (Å²) in [5, 5.41) is 4.09. The van der Waals surface area contributed by atoms with Gasteiger partial charge in [0.15, 0.2) is 0 Å². The molecule has 6 rings (SSSR count). The number of anilines is 2. The molecule has 0 bridgehead atoms. The fraction of sp³-hybridized carbons (Fsp3) is 0.333. The van der Waals surface area contributed by atoms with Crippen molar-refractivity contribution in [1.82, 2.24) is 15.0 Å². The average molecular weight is 630 g/mol. The first kappa shape index (κ1) is 32.0. The van der Waals surface area contributed by atoms with E-state index < -0.39 is 0 Å². The Morgan fingerprint density at radius 3 is 2.34 bits per heavy atom. The van der Waals surface area contributed by atoms with E-state index in [1.165, 1.54) is 0 Å². The van der Waals surface area contributed by atoms with Gasteiger partial charge in [-0.1, -0.05) is 52.7 Å². The van der Waals surface area contributed by atoms with Crippen LogP contribution in [-0.2, 0) is 6.61 Å². The minimum absolute atomic E-state index is 0.132. The molecule has 2 amide bonds. The lowest BCUT2D eigenvalue weighted by Crippen LogP contribution is -2.41. The number of hydrogen-bond donors (Lipinski definition) is 2. The Balaban J connectivity index is 1.35. The smallest absolute Gasteiger partial charge is 0.326 e. The van der Waals surface area contributed by atoms with Crippen LogP contribution in [0.5, 0.6) is 5.75 Å². The first-order valence-corrected chi connectivity index (χ1v) is 16.6. The number of urea groups is 1. The molecule has 1 saturated carbocycles. The fourth-order valence-electron chi connectivity index (χ4n) is 6.46. The highest BCUT2D eigenvalue weighted by Crippen LogP contribution is 2.38. The number of aromatic nitrogens is 3. The second-order valence-electron chi connectivity index (χ2n) is 13.1. The molecular formula is C39H43N5O3. The van der Waals surface area contributed by atoms with Crippen molar-refractivity contribution in [2.75, 3.05) is 16.8 Å². The molecule has 3 aromatic heterocycles. The normalized spacial score (nSPS) is 13.4. The zero-order valence-corrected chi connectivity index (χ0v) is 27.6. The van der Waals surface area contributed by atoms with Crippen molar-refractivity contribution in [3.63, 3.8) is 0 Å². The maximum Gasteiger partial charge on any atom is 0.326 e. The van der Waals surface area contributed by atoms with Crippen LogP contribution >= 0.6 is 0 Å². The zero-order chi connectivity index (χ0) is 32.9. The van der Waals surface area contributed by atoms with Crippen LogP contribution in [0.4, 0.5) is 16.2 Å². The van der Waals surface area contributed by atoms with Gasteiger partial charge in [0.1, 0.15) is 23.7 Å². The molecule has 47 heavy (non-hydrogen) atoms. The highest BCUT2D eigenvalue weighted by molar-refractivity contribution is 6.03. The van der Waals surface area contributed by atoms with Crippen molar-refractivity contribution in [2.24, 2.45) is 5.92 Å². The van der Waals surface area contributed by atoms with E-state index in [1.54, 1.807) is 29.6 Å². The van der Waals surface area contributed by atoms with E-state index in [0.29, 0.717) is 30.4 Å². The van der Waals surface area contributed by atoms with E-state index >= 15 is 0 Å². The average Bonchev–Trinajstić information content (AvgIpc) is 3.60. The van der Waals surface area contributed by atoms with Crippen molar-refractivity contribution in [3.8, 4) is 16.9 Å². The van der Waals surface area contributed by atoms with Crippen molar-refractivity contribution in [3.05, 3.63) is 112 Å². The number of nitrogens with one attached hydrogen (secondary N) is 2. The van der Waals surface area contributed by atoms with Gasteiger partial charge < -0.3 is 15.0 Å². The Morgan fingerprint density at radius 2 is 1.64 bits per heavy atom. The summed E-state index contributed by atoms with van der Waals surface area (Å²) in [6.07, 6.45) is 9.56. The van der Waals surface area contributed by atoms with Crippen LogP contribution in [-0.4, -0.2) is 27.5 Å². The van der Waals surface area contributed by atoms with Crippen molar-refractivity contribution < 1.29 is 9.53 Å². The fourth-order valence-corrected chi connectivity index (χ4v) is 6.46. The third kappa shape index (κ3) is 7.38. The molecule has 0 spiro atoms. The van der Waals surface area contributed by atoms with E-state index in [1.807, 2.05) is 36.4 Å². The molecule has 0 saturated heterocycles. The molecule has 2 aromatic carbocycles. The zero-order valence-electron chi connectivity index (χ0n) is 27.6. The molecule has 0 radical (unpaired) electrons. The van der Waals surface area contributed by atoms with Gasteiger partial charge >= 0.3 is 6.03 Å². The number of nitrogens with zero attached hydrogens (tertiary/aromatic N) is 3. The lowest BCUT2D eigenvalue weighted by molar-refractivity contribution is 0.255. The van der Waals surface area contributed by atoms with E-state index in [4.69, 9.17) is 4.74 Å². The molecule has 0 aliphatic heterocycles. The predicted molar refractivity (Wildman–Crippen MR) is 189 cm³/mol. The van der Waals surface area contributed by atoms with Crippen LogP contribution in [0.2, 0.25) is 0 Å². The minimum Gasteiger partial charge on any atom is -0.489 e. The number of H-pyrrole nitrogens is 1.